The maximum absolute atomic E-state index is 6.14. The summed E-state index contributed by atoms with van der Waals surface area (Å²) in [5, 5.41) is 4.04. The Morgan fingerprint density at radius 1 is 1.14 bits per heavy atom. The molecule has 0 aliphatic rings. The van der Waals surface area contributed by atoms with Crippen LogP contribution in [0.5, 0.6) is 0 Å². The zero-order valence-electron chi connectivity index (χ0n) is 13.0. The highest BCUT2D eigenvalue weighted by molar-refractivity contribution is 6.29. The Labute approximate surface area is 132 Å². The van der Waals surface area contributed by atoms with Crippen LogP contribution in [0.3, 0.4) is 0 Å². The van der Waals surface area contributed by atoms with E-state index in [1.807, 2.05) is 6.07 Å². The zero-order valence-corrected chi connectivity index (χ0v) is 13.8. The first-order valence-electron chi connectivity index (χ1n) is 7.67. The Morgan fingerprint density at radius 2 is 1.86 bits per heavy atom. The highest BCUT2D eigenvalue weighted by atomic mass is 35.5. The van der Waals surface area contributed by atoms with Crippen LogP contribution in [0.15, 0.2) is 41.0 Å². The Bertz CT molecular complexity index is 545. The molecule has 1 unspecified atom stereocenters. The van der Waals surface area contributed by atoms with Crippen LogP contribution in [0.1, 0.15) is 55.8 Å². The van der Waals surface area contributed by atoms with Gasteiger partial charge >= 0.3 is 0 Å². The van der Waals surface area contributed by atoms with E-state index in [1.54, 1.807) is 6.26 Å². The molecule has 1 N–H and O–H groups in total. The summed E-state index contributed by atoms with van der Waals surface area (Å²) in [5.41, 5.74) is 3.72. The molecular weight excluding hydrogens is 282 g/mol. The molecule has 1 aromatic heterocycles. The first kappa shape index (κ1) is 16.1. The molecule has 0 aliphatic carbocycles. The minimum Gasteiger partial charge on any atom is -0.453 e. The van der Waals surface area contributed by atoms with Gasteiger partial charge in [-0.25, -0.2) is 0 Å². The summed E-state index contributed by atoms with van der Waals surface area (Å²) in [4.78, 5) is 0. The van der Waals surface area contributed by atoms with Crippen LogP contribution in [0.4, 0.5) is 0 Å². The minimum atomic E-state index is 0.195. The third-order valence-electron chi connectivity index (χ3n) is 3.75. The molecule has 0 bridgehead atoms. The first-order chi connectivity index (χ1) is 10.1. The van der Waals surface area contributed by atoms with Crippen LogP contribution in [-0.4, -0.2) is 6.54 Å². The molecule has 0 saturated carbocycles. The van der Waals surface area contributed by atoms with Crippen LogP contribution in [-0.2, 0) is 6.42 Å². The van der Waals surface area contributed by atoms with Crippen molar-refractivity contribution < 1.29 is 4.42 Å². The fraction of sp³-hybridized carbons (Fsp3) is 0.444. The van der Waals surface area contributed by atoms with Crippen molar-refractivity contribution in [1.82, 2.24) is 5.32 Å². The van der Waals surface area contributed by atoms with Crippen LogP contribution in [0.2, 0.25) is 5.22 Å². The topological polar surface area (TPSA) is 25.2 Å². The molecule has 0 fully saturated rings. The van der Waals surface area contributed by atoms with E-state index >= 15 is 0 Å². The van der Waals surface area contributed by atoms with Crippen LogP contribution in [0, 0.1) is 0 Å². The molecule has 21 heavy (non-hydrogen) atoms. The lowest BCUT2D eigenvalue weighted by atomic mass is 9.97. The largest absolute Gasteiger partial charge is 0.453 e. The number of benzene rings is 1. The van der Waals surface area contributed by atoms with E-state index < -0.39 is 0 Å². The zero-order chi connectivity index (χ0) is 15.2. The number of rotatable bonds is 7. The normalized spacial score (nSPS) is 12.8. The number of hydrogen-bond acceptors (Lipinski definition) is 2. The third-order valence-corrected chi connectivity index (χ3v) is 4.06. The second-order valence-electron chi connectivity index (χ2n) is 5.76. The number of furan rings is 1. The molecule has 1 aromatic carbocycles. The summed E-state index contributed by atoms with van der Waals surface area (Å²) in [7, 11) is 0. The van der Waals surface area contributed by atoms with Crippen molar-refractivity contribution in [1.29, 1.82) is 0 Å². The van der Waals surface area contributed by atoms with Crippen molar-refractivity contribution in [3.8, 4) is 0 Å². The molecular formula is C18H24ClNO. The summed E-state index contributed by atoms with van der Waals surface area (Å²) in [5.74, 6) is 0.566. The number of hydrogen-bond donors (Lipinski definition) is 1. The van der Waals surface area contributed by atoms with Gasteiger partial charge in [0.15, 0.2) is 5.22 Å². The van der Waals surface area contributed by atoms with Crippen LogP contribution in [0.25, 0.3) is 0 Å². The summed E-state index contributed by atoms with van der Waals surface area (Å²) >= 11 is 6.14. The van der Waals surface area contributed by atoms with E-state index in [4.69, 9.17) is 16.0 Å². The fourth-order valence-electron chi connectivity index (χ4n) is 2.44. The molecule has 3 heteroatoms. The highest BCUT2D eigenvalue weighted by Crippen LogP contribution is 2.27. The lowest BCUT2D eigenvalue weighted by Crippen LogP contribution is -2.24. The second-order valence-corrected chi connectivity index (χ2v) is 6.10. The van der Waals surface area contributed by atoms with Gasteiger partial charge in [-0.1, -0.05) is 45.0 Å². The molecule has 1 atom stereocenters. The molecule has 0 amide bonds. The van der Waals surface area contributed by atoms with Gasteiger partial charge < -0.3 is 9.73 Å². The van der Waals surface area contributed by atoms with Gasteiger partial charge in [-0.05, 0) is 54.1 Å². The molecule has 0 spiro atoms. The summed E-state index contributed by atoms with van der Waals surface area (Å²) < 4.78 is 5.24. The SMILES string of the molecule is CCCNC(Cc1ccc(C(C)C)cc1)c1ccoc1Cl. The van der Waals surface area contributed by atoms with E-state index in [0.29, 0.717) is 11.1 Å². The first-order valence-corrected chi connectivity index (χ1v) is 8.04. The van der Waals surface area contributed by atoms with Gasteiger partial charge in [0.2, 0.25) is 0 Å². The molecule has 114 valence electrons. The average Bonchev–Trinajstić information content (AvgIpc) is 2.90. The standard InChI is InChI=1S/C18H24ClNO/c1-4-10-20-17(16-9-11-21-18(16)19)12-14-5-7-15(8-6-14)13(2)3/h5-9,11,13,17,20H,4,10,12H2,1-3H3. The van der Waals surface area contributed by atoms with Crippen LogP contribution >= 0.6 is 11.6 Å². The maximum Gasteiger partial charge on any atom is 0.197 e. The predicted octanol–water partition coefficient (Wildman–Crippen LogP) is 5.34. The number of nitrogens with one attached hydrogen (secondary N) is 1. The molecule has 0 radical (unpaired) electrons. The Balaban J connectivity index is 2.13. The van der Waals surface area contributed by atoms with E-state index in [1.165, 1.54) is 11.1 Å². The Kier molecular flexibility index (Phi) is 5.89. The Morgan fingerprint density at radius 3 is 2.38 bits per heavy atom. The summed E-state index contributed by atoms with van der Waals surface area (Å²) in [6.45, 7) is 7.56. The molecule has 0 aliphatic heterocycles. The molecule has 2 nitrogen and oxygen atoms in total. The minimum absolute atomic E-state index is 0.195. The smallest absolute Gasteiger partial charge is 0.197 e. The van der Waals surface area contributed by atoms with Gasteiger partial charge in [-0.2, -0.15) is 0 Å². The van der Waals surface area contributed by atoms with Gasteiger partial charge in [0.1, 0.15) is 0 Å². The van der Waals surface area contributed by atoms with Crippen molar-refractivity contribution >= 4 is 11.6 Å². The van der Waals surface area contributed by atoms with Gasteiger partial charge in [0.25, 0.3) is 0 Å². The van der Waals surface area contributed by atoms with Crippen molar-refractivity contribution in [3.05, 3.63) is 58.5 Å². The average molecular weight is 306 g/mol. The summed E-state index contributed by atoms with van der Waals surface area (Å²) in [6, 6.07) is 11.0. The highest BCUT2D eigenvalue weighted by Gasteiger charge is 2.17. The quantitative estimate of drug-likeness (QED) is 0.747. The predicted molar refractivity (Wildman–Crippen MR) is 89.0 cm³/mol. The van der Waals surface area contributed by atoms with E-state index in [2.05, 4.69) is 50.4 Å². The lowest BCUT2D eigenvalue weighted by Gasteiger charge is -2.18. The van der Waals surface area contributed by atoms with Gasteiger partial charge in [-0.3, -0.25) is 0 Å². The summed E-state index contributed by atoms with van der Waals surface area (Å²) in [6.07, 6.45) is 3.66. The van der Waals surface area contributed by atoms with Gasteiger partial charge in [-0.15, -0.1) is 0 Å². The van der Waals surface area contributed by atoms with Gasteiger partial charge in [0.05, 0.1) is 6.26 Å². The van der Waals surface area contributed by atoms with Crippen molar-refractivity contribution in [2.24, 2.45) is 0 Å². The molecule has 0 saturated heterocycles. The van der Waals surface area contributed by atoms with Crippen molar-refractivity contribution in [2.75, 3.05) is 6.54 Å². The van der Waals surface area contributed by atoms with Crippen LogP contribution < -0.4 is 5.32 Å². The second kappa shape index (κ2) is 7.67. The van der Waals surface area contributed by atoms with Gasteiger partial charge in [0, 0.05) is 11.6 Å². The maximum atomic E-state index is 6.14. The lowest BCUT2D eigenvalue weighted by molar-refractivity contribution is 0.513. The Hall–Kier alpha value is -1.25. The van der Waals surface area contributed by atoms with E-state index in [0.717, 1.165) is 24.9 Å². The molecule has 2 rings (SSSR count). The van der Waals surface area contributed by atoms with Crippen molar-refractivity contribution in [3.63, 3.8) is 0 Å². The third kappa shape index (κ3) is 4.36. The molecule has 2 aromatic rings. The van der Waals surface area contributed by atoms with E-state index in [-0.39, 0.29) is 6.04 Å². The van der Waals surface area contributed by atoms with Crippen molar-refractivity contribution in [2.45, 2.75) is 45.6 Å². The number of halogens is 1. The fourth-order valence-corrected chi connectivity index (χ4v) is 2.68. The monoisotopic (exact) mass is 305 g/mol. The molecule has 1 heterocycles. The van der Waals surface area contributed by atoms with E-state index in [9.17, 15) is 0 Å².